The number of halogens is 1. The molecule has 2 rings (SSSR count). The average molecular weight is 239 g/mol. The molecule has 3 nitrogen and oxygen atoms in total. The first-order chi connectivity index (χ1) is 7.72. The van der Waals surface area contributed by atoms with Crippen molar-refractivity contribution in [1.82, 2.24) is 4.90 Å². The van der Waals surface area contributed by atoms with Crippen molar-refractivity contribution in [2.75, 3.05) is 38.1 Å². The van der Waals surface area contributed by atoms with E-state index in [2.05, 4.69) is 16.8 Å². The molecule has 86 valence electrons. The Morgan fingerprint density at radius 2 is 1.94 bits per heavy atom. The minimum Gasteiger partial charge on any atom is -0.368 e. The zero-order valence-corrected chi connectivity index (χ0v) is 10.1. The highest BCUT2D eigenvalue weighted by Crippen LogP contribution is 2.26. The normalized spacial score (nSPS) is 17.5. The van der Waals surface area contributed by atoms with E-state index in [1.807, 2.05) is 12.1 Å². The molecule has 0 saturated carbocycles. The molecule has 1 aliphatic heterocycles. The van der Waals surface area contributed by atoms with Crippen molar-refractivity contribution < 1.29 is 4.79 Å². The van der Waals surface area contributed by atoms with Gasteiger partial charge >= 0.3 is 0 Å². The number of rotatable bonds is 2. The van der Waals surface area contributed by atoms with E-state index in [4.69, 9.17) is 11.6 Å². The molecule has 0 unspecified atom stereocenters. The Kier molecular flexibility index (Phi) is 3.46. The first-order valence-electron chi connectivity index (χ1n) is 5.39. The predicted molar refractivity (Wildman–Crippen MR) is 66.5 cm³/mol. The Bertz CT molecular complexity index is 387. The van der Waals surface area contributed by atoms with Crippen LogP contribution in [-0.4, -0.2) is 44.4 Å². The molecule has 0 amide bonds. The third kappa shape index (κ3) is 2.20. The molecule has 1 fully saturated rings. The van der Waals surface area contributed by atoms with Crippen LogP contribution in [0.2, 0.25) is 5.02 Å². The van der Waals surface area contributed by atoms with E-state index in [0.717, 1.165) is 38.2 Å². The third-order valence-corrected chi connectivity index (χ3v) is 3.32. The standard InChI is InChI=1S/C12H15ClN2O/c1-14-5-7-15(8-6-14)12-4-2-3-11(13)10(12)9-16/h2-4,9H,5-8H2,1H3. The van der Waals surface area contributed by atoms with E-state index < -0.39 is 0 Å². The summed E-state index contributed by atoms with van der Waals surface area (Å²) in [4.78, 5) is 15.5. The van der Waals surface area contributed by atoms with Gasteiger partial charge in [0, 0.05) is 31.9 Å². The molecule has 0 bridgehead atoms. The van der Waals surface area contributed by atoms with Crippen LogP contribution < -0.4 is 4.90 Å². The summed E-state index contributed by atoms with van der Waals surface area (Å²) in [6, 6.07) is 5.61. The number of carbonyl (C=O) groups is 1. The number of benzene rings is 1. The second-order valence-corrected chi connectivity index (χ2v) is 4.49. The number of carbonyl (C=O) groups excluding carboxylic acids is 1. The van der Waals surface area contributed by atoms with Crippen LogP contribution in [0.5, 0.6) is 0 Å². The van der Waals surface area contributed by atoms with E-state index >= 15 is 0 Å². The van der Waals surface area contributed by atoms with Crippen LogP contribution in [-0.2, 0) is 0 Å². The van der Waals surface area contributed by atoms with E-state index in [1.165, 1.54) is 0 Å². The van der Waals surface area contributed by atoms with Crippen LogP contribution in [0.15, 0.2) is 18.2 Å². The van der Waals surface area contributed by atoms with Gasteiger partial charge in [-0.1, -0.05) is 17.7 Å². The van der Waals surface area contributed by atoms with E-state index in [-0.39, 0.29) is 0 Å². The van der Waals surface area contributed by atoms with Gasteiger partial charge < -0.3 is 9.80 Å². The molecule has 1 aromatic carbocycles. The molecule has 1 saturated heterocycles. The fraction of sp³-hybridized carbons (Fsp3) is 0.417. The predicted octanol–water partition coefficient (Wildman–Crippen LogP) is 1.90. The number of hydrogen-bond donors (Lipinski definition) is 0. The number of aldehydes is 1. The molecular formula is C12H15ClN2O. The summed E-state index contributed by atoms with van der Waals surface area (Å²) < 4.78 is 0. The summed E-state index contributed by atoms with van der Waals surface area (Å²) >= 11 is 6.01. The monoisotopic (exact) mass is 238 g/mol. The summed E-state index contributed by atoms with van der Waals surface area (Å²) in [5, 5.41) is 0.534. The fourth-order valence-corrected chi connectivity index (χ4v) is 2.18. The minimum absolute atomic E-state index is 0.534. The zero-order valence-electron chi connectivity index (χ0n) is 9.32. The van der Waals surface area contributed by atoms with Crippen molar-refractivity contribution in [3.63, 3.8) is 0 Å². The van der Waals surface area contributed by atoms with Gasteiger partial charge in [0.2, 0.25) is 0 Å². The maximum Gasteiger partial charge on any atom is 0.153 e. The highest BCUT2D eigenvalue weighted by molar-refractivity contribution is 6.33. The van der Waals surface area contributed by atoms with Crippen molar-refractivity contribution in [3.8, 4) is 0 Å². The van der Waals surface area contributed by atoms with Gasteiger partial charge in [0.1, 0.15) is 0 Å². The lowest BCUT2D eigenvalue weighted by molar-refractivity contribution is 0.112. The van der Waals surface area contributed by atoms with Crippen molar-refractivity contribution in [3.05, 3.63) is 28.8 Å². The van der Waals surface area contributed by atoms with Crippen LogP contribution in [0.4, 0.5) is 5.69 Å². The molecule has 0 radical (unpaired) electrons. The Morgan fingerprint density at radius 1 is 1.25 bits per heavy atom. The molecule has 0 spiro atoms. The third-order valence-electron chi connectivity index (χ3n) is 2.99. The lowest BCUT2D eigenvalue weighted by Gasteiger charge is -2.34. The van der Waals surface area contributed by atoms with Gasteiger partial charge in [0.05, 0.1) is 10.6 Å². The summed E-state index contributed by atoms with van der Waals surface area (Å²) in [6.45, 7) is 3.92. The summed E-state index contributed by atoms with van der Waals surface area (Å²) in [6.07, 6.45) is 0.843. The fourth-order valence-electron chi connectivity index (χ4n) is 1.97. The van der Waals surface area contributed by atoms with Gasteiger partial charge in [-0.25, -0.2) is 0 Å². The average Bonchev–Trinajstić information content (AvgIpc) is 2.30. The number of likely N-dealkylation sites (N-methyl/N-ethyl adjacent to an activating group) is 1. The zero-order chi connectivity index (χ0) is 11.5. The Morgan fingerprint density at radius 3 is 2.56 bits per heavy atom. The van der Waals surface area contributed by atoms with Gasteiger partial charge in [-0.15, -0.1) is 0 Å². The van der Waals surface area contributed by atoms with E-state index in [1.54, 1.807) is 6.07 Å². The van der Waals surface area contributed by atoms with Crippen LogP contribution in [0.3, 0.4) is 0 Å². The number of anilines is 1. The summed E-state index contributed by atoms with van der Waals surface area (Å²) in [5.74, 6) is 0. The molecule has 1 aromatic rings. The summed E-state index contributed by atoms with van der Waals surface area (Å²) in [7, 11) is 2.11. The molecule has 0 N–H and O–H groups in total. The lowest BCUT2D eigenvalue weighted by Crippen LogP contribution is -2.44. The molecular weight excluding hydrogens is 224 g/mol. The summed E-state index contributed by atoms with van der Waals surface area (Å²) in [5.41, 5.74) is 1.56. The minimum atomic E-state index is 0.534. The highest BCUT2D eigenvalue weighted by atomic mass is 35.5. The van der Waals surface area contributed by atoms with Crippen molar-refractivity contribution in [2.45, 2.75) is 0 Å². The largest absolute Gasteiger partial charge is 0.368 e. The maximum absolute atomic E-state index is 11.0. The first kappa shape index (κ1) is 11.4. The highest BCUT2D eigenvalue weighted by Gasteiger charge is 2.17. The Hall–Kier alpha value is -1.06. The van der Waals surface area contributed by atoms with Gasteiger partial charge in [-0.05, 0) is 19.2 Å². The van der Waals surface area contributed by atoms with E-state index in [0.29, 0.717) is 10.6 Å². The molecule has 4 heteroatoms. The molecule has 0 atom stereocenters. The number of nitrogens with zero attached hydrogens (tertiary/aromatic N) is 2. The molecule has 1 aliphatic rings. The number of hydrogen-bond acceptors (Lipinski definition) is 3. The smallest absolute Gasteiger partial charge is 0.153 e. The van der Waals surface area contributed by atoms with Gasteiger partial charge in [-0.3, -0.25) is 4.79 Å². The van der Waals surface area contributed by atoms with Crippen molar-refractivity contribution in [2.24, 2.45) is 0 Å². The first-order valence-corrected chi connectivity index (χ1v) is 5.77. The van der Waals surface area contributed by atoms with Crippen LogP contribution in [0, 0.1) is 0 Å². The molecule has 0 aromatic heterocycles. The topological polar surface area (TPSA) is 23.6 Å². The second-order valence-electron chi connectivity index (χ2n) is 4.08. The van der Waals surface area contributed by atoms with Crippen molar-refractivity contribution >= 4 is 23.6 Å². The van der Waals surface area contributed by atoms with Crippen LogP contribution in [0.1, 0.15) is 10.4 Å². The van der Waals surface area contributed by atoms with Gasteiger partial charge in [-0.2, -0.15) is 0 Å². The molecule has 0 aliphatic carbocycles. The SMILES string of the molecule is CN1CCN(c2cccc(Cl)c2C=O)CC1. The number of piperazine rings is 1. The molecule has 16 heavy (non-hydrogen) atoms. The van der Waals surface area contributed by atoms with E-state index in [9.17, 15) is 4.79 Å². The lowest BCUT2D eigenvalue weighted by atomic mass is 10.1. The van der Waals surface area contributed by atoms with Crippen molar-refractivity contribution in [1.29, 1.82) is 0 Å². The van der Waals surface area contributed by atoms with Gasteiger partial charge in [0.15, 0.2) is 6.29 Å². The second kappa shape index (κ2) is 4.85. The Balaban J connectivity index is 2.26. The molecule has 1 heterocycles. The quantitative estimate of drug-likeness (QED) is 0.736. The maximum atomic E-state index is 11.0. The van der Waals surface area contributed by atoms with Gasteiger partial charge in [0.25, 0.3) is 0 Å². The van der Waals surface area contributed by atoms with Crippen LogP contribution >= 0.6 is 11.6 Å². The van der Waals surface area contributed by atoms with Crippen LogP contribution in [0.25, 0.3) is 0 Å². The Labute approximate surface area is 101 Å².